The lowest BCUT2D eigenvalue weighted by Gasteiger charge is -2.02. The minimum atomic E-state index is -4.22. The first kappa shape index (κ1) is 14.2. The van der Waals surface area contributed by atoms with Crippen LogP contribution in [0.15, 0.2) is 35.6 Å². The van der Waals surface area contributed by atoms with Gasteiger partial charge in [0.05, 0.1) is 12.0 Å². The molecule has 98 valence electrons. The van der Waals surface area contributed by atoms with Crippen molar-refractivity contribution in [3.05, 3.63) is 42.0 Å². The molecule has 0 saturated carbocycles. The van der Waals surface area contributed by atoms with Crippen LogP contribution in [0.25, 0.3) is 0 Å². The Hall–Kier alpha value is -1.86. The van der Waals surface area contributed by atoms with Crippen molar-refractivity contribution in [3.8, 4) is 5.75 Å². The number of benzene rings is 1. The number of hydrogen-bond acceptors (Lipinski definition) is 4. The Kier molecular flexibility index (Phi) is 4.46. The minimum absolute atomic E-state index is 0.148. The maximum absolute atomic E-state index is 10.7. The minimum Gasteiger partial charge on any atom is -0.508 e. The number of aromatic amines is 1. The third-order valence-electron chi connectivity index (χ3n) is 2.17. The highest BCUT2D eigenvalue weighted by Crippen LogP contribution is 2.22. The molecule has 1 aromatic heterocycles. The van der Waals surface area contributed by atoms with E-state index in [0.29, 0.717) is 0 Å². The number of phenols is 1. The van der Waals surface area contributed by atoms with E-state index in [2.05, 4.69) is 9.97 Å². The molecule has 2 aromatic rings. The number of nitrogens with zero attached hydrogens (tertiary/aromatic N) is 1. The fraction of sp³-hybridized carbons (Fsp3) is 0.182. The second kappa shape index (κ2) is 5.65. The lowest BCUT2D eigenvalue weighted by molar-refractivity contribution is 0.461. The Bertz CT molecular complexity index is 606. The summed E-state index contributed by atoms with van der Waals surface area (Å²) in [5, 5.41) is 9.09. The number of rotatable bonds is 1. The van der Waals surface area contributed by atoms with Crippen LogP contribution in [0, 0.1) is 13.8 Å². The predicted molar refractivity (Wildman–Crippen MR) is 66.0 cm³/mol. The van der Waals surface area contributed by atoms with Gasteiger partial charge in [0.1, 0.15) is 10.6 Å². The highest BCUT2D eigenvalue weighted by Gasteiger charge is 2.14. The number of nitrogens with one attached hydrogen (secondary N) is 1. The van der Waals surface area contributed by atoms with Crippen LogP contribution in [0.4, 0.5) is 0 Å². The van der Waals surface area contributed by atoms with E-state index in [-0.39, 0.29) is 16.2 Å². The van der Waals surface area contributed by atoms with Crippen LogP contribution >= 0.6 is 0 Å². The van der Waals surface area contributed by atoms with Crippen LogP contribution in [-0.2, 0) is 10.1 Å². The largest absolute Gasteiger partial charge is 0.508 e. The van der Waals surface area contributed by atoms with Gasteiger partial charge < -0.3 is 10.1 Å². The molecule has 7 heteroatoms. The molecule has 0 atom stereocenters. The Morgan fingerprint density at radius 1 is 1.28 bits per heavy atom. The van der Waals surface area contributed by atoms with Crippen molar-refractivity contribution in [3.63, 3.8) is 0 Å². The summed E-state index contributed by atoms with van der Waals surface area (Å²) in [5.41, 5.74) is 1.19. The van der Waals surface area contributed by atoms with Crippen LogP contribution in [0.5, 0.6) is 5.75 Å². The van der Waals surface area contributed by atoms with Crippen LogP contribution in [0.2, 0.25) is 0 Å². The number of imidazole rings is 1. The van der Waals surface area contributed by atoms with Gasteiger partial charge in [-0.1, -0.05) is 6.07 Å². The van der Waals surface area contributed by atoms with Gasteiger partial charge in [0.25, 0.3) is 10.1 Å². The average molecular weight is 270 g/mol. The molecule has 0 bridgehead atoms. The summed E-state index contributed by atoms with van der Waals surface area (Å²) in [6, 6.07) is 3.93. The molecule has 2 rings (SSSR count). The molecule has 0 aliphatic heterocycles. The molecule has 1 heterocycles. The standard InChI is InChI=1S/C7H8O4S.C4H6N2/c1-5-6(8)3-2-4-7(5)12(9,10)11;1-4-2-5-3-6-4/h2-4,8H,1H3,(H,9,10,11);2-3H,1H3,(H,5,6). The van der Waals surface area contributed by atoms with E-state index in [9.17, 15) is 8.42 Å². The van der Waals surface area contributed by atoms with Crippen LogP contribution < -0.4 is 0 Å². The van der Waals surface area contributed by atoms with E-state index in [0.717, 1.165) is 5.69 Å². The van der Waals surface area contributed by atoms with Crippen molar-refractivity contribution in [2.24, 2.45) is 0 Å². The first-order valence-electron chi connectivity index (χ1n) is 5.04. The molecule has 0 spiro atoms. The third kappa shape index (κ3) is 3.86. The summed E-state index contributed by atoms with van der Waals surface area (Å²) in [7, 11) is -4.22. The molecule has 0 fully saturated rings. The van der Waals surface area contributed by atoms with Crippen LogP contribution in [-0.4, -0.2) is 28.0 Å². The summed E-state index contributed by atoms with van der Waals surface area (Å²) in [4.78, 5) is 6.42. The van der Waals surface area contributed by atoms with Gasteiger partial charge in [-0.25, -0.2) is 4.98 Å². The topological polar surface area (TPSA) is 103 Å². The summed E-state index contributed by atoms with van der Waals surface area (Å²) in [6.45, 7) is 3.36. The van der Waals surface area contributed by atoms with Gasteiger partial charge in [0, 0.05) is 11.8 Å². The molecule has 3 N–H and O–H groups in total. The Balaban J connectivity index is 0.000000225. The van der Waals surface area contributed by atoms with Gasteiger partial charge in [-0.15, -0.1) is 0 Å². The van der Waals surface area contributed by atoms with E-state index in [4.69, 9.17) is 9.66 Å². The third-order valence-corrected chi connectivity index (χ3v) is 3.17. The number of H-pyrrole nitrogens is 1. The average Bonchev–Trinajstić information content (AvgIpc) is 2.72. The normalized spacial score (nSPS) is 10.6. The lowest BCUT2D eigenvalue weighted by Crippen LogP contribution is -2.00. The van der Waals surface area contributed by atoms with Crippen molar-refractivity contribution >= 4 is 10.1 Å². The van der Waals surface area contributed by atoms with Gasteiger partial charge in [0.2, 0.25) is 0 Å². The lowest BCUT2D eigenvalue weighted by atomic mass is 10.2. The molecule has 1 aromatic carbocycles. The second-order valence-electron chi connectivity index (χ2n) is 3.59. The van der Waals surface area contributed by atoms with Crippen molar-refractivity contribution in [2.75, 3.05) is 0 Å². The molecule has 18 heavy (non-hydrogen) atoms. The fourth-order valence-corrected chi connectivity index (χ4v) is 1.96. The van der Waals surface area contributed by atoms with Gasteiger partial charge in [0.15, 0.2) is 0 Å². The number of aryl methyl sites for hydroxylation is 1. The quantitative estimate of drug-likeness (QED) is 0.684. The van der Waals surface area contributed by atoms with E-state index >= 15 is 0 Å². The zero-order valence-corrected chi connectivity index (χ0v) is 10.8. The smallest absolute Gasteiger partial charge is 0.294 e. The van der Waals surface area contributed by atoms with Gasteiger partial charge in [-0.05, 0) is 26.0 Å². The SMILES string of the molecule is Cc1c(O)cccc1S(=O)(=O)O.Cc1c[nH]cn1. The van der Waals surface area contributed by atoms with Gasteiger partial charge in [-0.2, -0.15) is 8.42 Å². The number of hydrogen-bond donors (Lipinski definition) is 3. The molecular formula is C11H14N2O4S. The summed E-state index contributed by atoms with van der Waals surface area (Å²) >= 11 is 0. The summed E-state index contributed by atoms with van der Waals surface area (Å²) < 4.78 is 30.0. The highest BCUT2D eigenvalue weighted by molar-refractivity contribution is 7.85. The summed E-state index contributed by atoms with van der Waals surface area (Å²) in [5.74, 6) is -0.148. The monoisotopic (exact) mass is 270 g/mol. The van der Waals surface area contributed by atoms with E-state index < -0.39 is 10.1 Å². The zero-order valence-electron chi connectivity index (χ0n) is 9.95. The first-order chi connectivity index (χ1) is 8.32. The van der Waals surface area contributed by atoms with Gasteiger partial charge >= 0.3 is 0 Å². The van der Waals surface area contributed by atoms with Crippen molar-refractivity contribution in [1.82, 2.24) is 9.97 Å². The Morgan fingerprint density at radius 2 is 1.94 bits per heavy atom. The number of phenolic OH excluding ortho intramolecular Hbond substituents is 1. The number of aromatic nitrogens is 2. The van der Waals surface area contributed by atoms with Crippen LogP contribution in [0.1, 0.15) is 11.3 Å². The molecule has 0 unspecified atom stereocenters. The molecule has 0 radical (unpaired) electrons. The maximum Gasteiger partial charge on any atom is 0.294 e. The second-order valence-corrected chi connectivity index (χ2v) is 4.98. The molecule has 0 amide bonds. The van der Waals surface area contributed by atoms with E-state index in [1.165, 1.54) is 25.1 Å². The van der Waals surface area contributed by atoms with Crippen molar-refractivity contribution in [2.45, 2.75) is 18.7 Å². The Morgan fingerprint density at radius 3 is 2.28 bits per heavy atom. The molecule has 0 aliphatic rings. The van der Waals surface area contributed by atoms with Crippen molar-refractivity contribution < 1.29 is 18.1 Å². The van der Waals surface area contributed by atoms with Crippen molar-refractivity contribution in [1.29, 1.82) is 0 Å². The molecule has 6 nitrogen and oxygen atoms in total. The molecular weight excluding hydrogens is 256 g/mol. The first-order valence-corrected chi connectivity index (χ1v) is 6.48. The Labute approximate surface area is 105 Å². The zero-order chi connectivity index (χ0) is 13.8. The van der Waals surface area contributed by atoms with E-state index in [1.54, 1.807) is 6.33 Å². The predicted octanol–water partition coefficient (Wildman–Crippen LogP) is 1.67. The fourth-order valence-electron chi connectivity index (χ4n) is 1.22. The van der Waals surface area contributed by atoms with E-state index in [1.807, 2.05) is 13.1 Å². The summed E-state index contributed by atoms with van der Waals surface area (Å²) in [6.07, 6.45) is 3.51. The maximum atomic E-state index is 10.7. The molecule has 0 aliphatic carbocycles. The highest BCUT2D eigenvalue weighted by atomic mass is 32.2. The van der Waals surface area contributed by atoms with Gasteiger partial charge in [-0.3, -0.25) is 4.55 Å². The number of aromatic hydroxyl groups is 1. The molecule has 0 saturated heterocycles. The van der Waals surface area contributed by atoms with Crippen LogP contribution in [0.3, 0.4) is 0 Å².